The van der Waals surface area contributed by atoms with E-state index in [1.165, 1.54) is 6.42 Å². The van der Waals surface area contributed by atoms with Crippen molar-refractivity contribution in [3.8, 4) is 0 Å². The van der Waals surface area contributed by atoms with Gasteiger partial charge in [0, 0.05) is 18.5 Å². The molecule has 1 saturated carbocycles. The van der Waals surface area contributed by atoms with E-state index in [0.717, 1.165) is 19.4 Å². The van der Waals surface area contributed by atoms with Gasteiger partial charge < -0.3 is 10.6 Å². The van der Waals surface area contributed by atoms with Gasteiger partial charge in [-0.2, -0.15) is 0 Å². The number of rotatable bonds is 1. The molecule has 1 aliphatic carbocycles. The van der Waals surface area contributed by atoms with E-state index in [2.05, 4.69) is 4.90 Å². The largest absolute Gasteiger partial charge is 0.335 e. The first-order valence-corrected chi connectivity index (χ1v) is 5.94. The standard InChI is InChI=1S/C12H22N2O/c1-11(2,3)10(15)14-6-4-5-9-7-12(9,14)8-13/h9H,4-8,13H2,1-3H3. The Hall–Kier alpha value is -0.570. The fourth-order valence-corrected chi connectivity index (χ4v) is 2.86. The first kappa shape index (κ1) is 10.9. The molecule has 2 fully saturated rings. The molecule has 2 rings (SSSR count). The van der Waals surface area contributed by atoms with Crippen LogP contribution in [0.2, 0.25) is 0 Å². The number of carbonyl (C=O) groups is 1. The topological polar surface area (TPSA) is 46.3 Å². The highest BCUT2D eigenvalue weighted by atomic mass is 16.2. The molecule has 1 aliphatic heterocycles. The zero-order valence-corrected chi connectivity index (χ0v) is 10.0. The van der Waals surface area contributed by atoms with E-state index < -0.39 is 0 Å². The van der Waals surface area contributed by atoms with Crippen molar-refractivity contribution in [1.82, 2.24) is 4.90 Å². The molecule has 1 saturated heterocycles. The summed E-state index contributed by atoms with van der Waals surface area (Å²) in [7, 11) is 0. The van der Waals surface area contributed by atoms with Crippen molar-refractivity contribution in [2.75, 3.05) is 13.1 Å². The Morgan fingerprint density at radius 1 is 1.53 bits per heavy atom. The smallest absolute Gasteiger partial charge is 0.228 e. The Bertz CT molecular complexity index is 282. The van der Waals surface area contributed by atoms with Gasteiger partial charge in [-0.1, -0.05) is 20.8 Å². The maximum atomic E-state index is 12.3. The minimum Gasteiger partial charge on any atom is -0.335 e. The van der Waals surface area contributed by atoms with Crippen molar-refractivity contribution in [2.24, 2.45) is 17.1 Å². The summed E-state index contributed by atoms with van der Waals surface area (Å²) >= 11 is 0. The number of amides is 1. The van der Waals surface area contributed by atoms with E-state index >= 15 is 0 Å². The minimum atomic E-state index is -0.271. The second-order valence-electron chi connectivity index (χ2n) is 6.06. The lowest BCUT2D eigenvalue weighted by Crippen LogP contribution is -2.53. The molecule has 2 unspecified atom stereocenters. The molecule has 0 spiro atoms. The van der Waals surface area contributed by atoms with Crippen LogP contribution >= 0.6 is 0 Å². The highest BCUT2D eigenvalue weighted by Crippen LogP contribution is 2.54. The monoisotopic (exact) mass is 210 g/mol. The molecule has 1 heterocycles. The molecular weight excluding hydrogens is 188 g/mol. The predicted molar refractivity (Wildman–Crippen MR) is 60.3 cm³/mol. The SMILES string of the molecule is CC(C)(C)C(=O)N1CCCC2CC21CN. The molecule has 0 bridgehead atoms. The highest BCUT2D eigenvalue weighted by Gasteiger charge is 2.60. The van der Waals surface area contributed by atoms with E-state index in [-0.39, 0.29) is 16.9 Å². The zero-order valence-electron chi connectivity index (χ0n) is 10.0. The van der Waals surface area contributed by atoms with E-state index in [9.17, 15) is 4.79 Å². The molecule has 1 amide bonds. The first-order chi connectivity index (χ1) is 6.92. The lowest BCUT2D eigenvalue weighted by atomic mass is 9.91. The van der Waals surface area contributed by atoms with Crippen molar-refractivity contribution in [3.05, 3.63) is 0 Å². The zero-order chi connectivity index (χ0) is 11.3. The van der Waals surface area contributed by atoms with E-state index in [4.69, 9.17) is 5.73 Å². The van der Waals surface area contributed by atoms with Gasteiger partial charge in [-0.15, -0.1) is 0 Å². The average molecular weight is 210 g/mol. The second-order valence-corrected chi connectivity index (χ2v) is 6.06. The van der Waals surface area contributed by atoms with Crippen molar-refractivity contribution in [1.29, 1.82) is 0 Å². The Balaban J connectivity index is 2.18. The Morgan fingerprint density at radius 2 is 2.20 bits per heavy atom. The summed E-state index contributed by atoms with van der Waals surface area (Å²) in [6.07, 6.45) is 3.53. The number of fused-ring (bicyclic) bond motifs is 1. The molecule has 3 heteroatoms. The summed E-state index contributed by atoms with van der Waals surface area (Å²) in [6.45, 7) is 7.52. The van der Waals surface area contributed by atoms with E-state index in [1.54, 1.807) is 0 Å². The number of piperidine rings is 1. The van der Waals surface area contributed by atoms with Crippen LogP contribution in [0.15, 0.2) is 0 Å². The molecule has 0 radical (unpaired) electrons. The predicted octanol–water partition coefficient (Wildman–Crippen LogP) is 1.37. The molecule has 0 aromatic heterocycles. The van der Waals surface area contributed by atoms with Crippen LogP contribution in [0, 0.1) is 11.3 Å². The average Bonchev–Trinajstić information content (AvgIpc) is 2.89. The molecule has 86 valence electrons. The molecule has 2 aliphatic rings. The van der Waals surface area contributed by atoms with E-state index in [0.29, 0.717) is 12.5 Å². The van der Waals surface area contributed by atoms with Crippen LogP contribution in [-0.4, -0.2) is 29.4 Å². The van der Waals surface area contributed by atoms with Gasteiger partial charge in [-0.05, 0) is 25.2 Å². The fourth-order valence-electron chi connectivity index (χ4n) is 2.86. The minimum absolute atomic E-state index is 0.0443. The summed E-state index contributed by atoms with van der Waals surface area (Å²) in [5.41, 5.74) is 5.63. The summed E-state index contributed by atoms with van der Waals surface area (Å²) in [5.74, 6) is 0.956. The summed E-state index contributed by atoms with van der Waals surface area (Å²) < 4.78 is 0. The van der Waals surface area contributed by atoms with Gasteiger partial charge in [-0.3, -0.25) is 4.79 Å². The van der Waals surface area contributed by atoms with Gasteiger partial charge in [0.15, 0.2) is 0 Å². The van der Waals surface area contributed by atoms with Crippen molar-refractivity contribution in [2.45, 2.75) is 45.6 Å². The molecule has 0 aromatic carbocycles. The van der Waals surface area contributed by atoms with Gasteiger partial charge in [-0.25, -0.2) is 0 Å². The van der Waals surface area contributed by atoms with Gasteiger partial charge in [0.25, 0.3) is 0 Å². The maximum absolute atomic E-state index is 12.3. The lowest BCUT2D eigenvalue weighted by molar-refractivity contribution is -0.144. The Labute approximate surface area is 92.0 Å². The molecular formula is C12H22N2O. The lowest BCUT2D eigenvalue weighted by Gasteiger charge is -2.39. The normalized spacial score (nSPS) is 34.9. The molecule has 3 nitrogen and oxygen atoms in total. The van der Waals surface area contributed by atoms with Crippen LogP contribution < -0.4 is 5.73 Å². The Kier molecular flexibility index (Phi) is 2.34. The van der Waals surface area contributed by atoms with Gasteiger partial charge in [0.05, 0.1) is 5.54 Å². The maximum Gasteiger partial charge on any atom is 0.228 e. The molecule has 2 atom stereocenters. The number of hydrogen-bond donors (Lipinski definition) is 1. The van der Waals surface area contributed by atoms with Crippen molar-refractivity contribution in [3.63, 3.8) is 0 Å². The first-order valence-electron chi connectivity index (χ1n) is 5.94. The van der Waals surface area contributed by atoms with Gasteiger partial charge in [0.1, 0.15) is 0 Å². The molecule has 15 heavy (non-hydrogen) atoms. The van der Waals surface area contributed by atoms with Gasteiger partial charge >= 0.3 is 0 Å². The quantitative estimate of drug-likeness (QED) is 0.710. The van der Waals surface area contributed by atoms with Crippen LogP contribution in [0.5, 0.6) is 0 Å². The molecule has 0 aromatic rings. The van der Waals surface area contributed by atoms with Crippen LogP contribution in [0.4, 0.5) is 0 Å². The Morgan fingerprint density at radius 3 is 2.73 bits per heavy atom. The number of carbonyl (C=O) groups excluding carboxylic acids is 1. The van der Waals surface area contributed by atoms with Crippen LogP contribution in [-0.2, 0) is 4.79 Å². The third-order valence-electron chi connectivity index (χ3n) is 3.91. The van der Waals surface area contributed by atoms with Crippen molar-refractivity contribution >= 4 is 5.91 Å². The molecule has 2 N–H and O–H groups in total. The van der Waals surface area contributed by atoms with Gasteiger partial charge in [0.2, 0.25) is 5.91 Å². The number of nitrogens with two attached hydrogens (primary N) is 1. The number of likely N-dealkylation sites (tertiary alicyclic amines) is 1. The van der Waals surface area contributed by atoms with Crippen LogP contribution in [0.25, 0.3) is 0 Å². The summed E-state index contributed by atoms with van der Waals surface area (Å²) in [5, 5.41) is 0. The van der Waals surface area contributed by atoms with Crippen molar-refractivity contribution < 1.29 is 4.79 Å². The van der Waals surface area contributed by atoms with Crippen LogP contribution in [0.1, 0.15) is 40.0 Å². The summed E-state index contributed by atoms with van der Waals surface area (Å²) in [4.78, 5) is 14.4. The van der Waals surface area contributed by atoms with Crippen LogP contribution in [0.3, 0.4) is 0 Å². The number of nitrogens with zero attached hydrogens (tertiary/aromatic N) is 1. The summed E-state index contributed by atoms with van der Waals surface area (Å²) in [6, 6.07) is 0. The third-order valence-corrected chi connectivity index (χ3v) is 3.91. The van der Waals surface area contributed by atoms with E-state index in [1.807, 2.05) is 20.8 Å². The highest BCUT2D eigenvalue weighted by molar-refractivity contribution is 5.83. The third kappa shape index (κ3) is 1.57. The fraction of sp³-hybridized carbons (Fsp3) is 0.917. The second kappa shape index (κ2) is 3.21. The number of hydrogen-bond acceptors (Lipinski definition) is 2.